The highest BCUT2D eigenvalue weighted by molar-refractivity contribution is 5.94. The van der Waals surface area contributed by atoms with Crippen LogP contribution in [0.2, 0.25) is 0 Å². The molecule has 0 aromatic heterocycles. The van der Waals surface area contributed by atoms with Crippen molar-refractivity contribution in [3.63, 3.8) is 0 Å². The molecule has 0 spiro atoms. The number of amides is 1. The molecule has 3 aromatic carbocycles. The van der Waals surface area contributed by atoms with Crippen LogP contribution in [-0.4, -0.2) is 73.1 Å². The molecule has 2 fully saturated rings. The molecule has 11 nitrogen and oxygen atoms in total. The Bertz CT molecular complexity index is 1710. The molecule has 1 aliphatic carbocycles. The summed E-state index contributed by atoms with van der Waals surface area (Å²) in [5, 5.41) is 11.9. The topological polar surface area (TPSA) is 147 Å². The van der Waals surface area contributed by atoms with Crippen LogP contribution in [0.15, 0.2) is 103 Å². The smallest absolute Gasteiger partial charge is 0.348 e. The maximum atomic E-state index is 13.5. The highest BCUT2D eigenvalue weighted by Gasteiger charge is 2.55. The third-order valence-corrected chi connectivity index (χ3v) is 8.64. The van der Waals surface area contributed by atoms with Gasteiger partial charge in [-0.05, 0) is 29.8 Å². The summed E-state index contributed by atoms with van der Waals surface area (Å²) in [7, 11) is 0. The maximum Gasteiger partial charge on any atom is 0.348 e. The van der Waals surface area contributed by atoms with E-state index in [4.69, 9.17) is 23.7 Å². The van der Waals surface area contributed by atoms with Crippen molar-refractivity contribution in [3.8, 4) is 0 Å². The lowest BCUT2D eigenvalue weighted by molar-refractivity contribution is -0.159. The van der Waals surface area contributed by atoms with Gasteiger partial charge in [-0.25, -0.2) is 14.4 Å². The van der Waals surface area contributed by atoms with Crippen molar-refractivity contribution >= 4 is 29.9 Å². The monoisotopic (exact) mass is 667 g/mol. The van der Waals surface area contributed by atoms with Crippen LogP contribution in [0.4, 0.5) is 0 Å². The minimum Gasteiger partial charge on any atom is -0.462 e. The van der Waals surface area contributed by atoms with Crippen LogP contribution < -0.4 is 5.32 Å². The number of aliphatic hydroxyl groups is 1. The van der Waals surface area contributed by atoms with Gasteiger partial charge in [0.15, 0.2) is 0 Å². The van der Waals surface area contributed by atoms with Crippen LogP contribution in [-0.2, 0) is 43.9 Å². The molecule has 2 saturated heterocycles. The van der Waals surface area contributed by atoms with E-state index in [0.717, 1.165) is 11.1 Å². The number of ether oxygens (including phenoxy) is 5. The van der Waals surface area contributed by atoms with Crippen LogP contribution >= 0.6 is 0 Å². The molecule has 6 rings (SSSR count). The van der Waals surface area contributed by atoms with Gasteiger partial charge in [-0.1, -0.05) is 86.6 Å². The van der Waals surface area contributed by atoms with Crippen LogP contribution in [0, 0.1) is 5.41 Å². The summed E-state index contributed by atoms with van der Waals surface area (Å²) in [6.45, 7) is 3.56. The Hall–Kier alpha value is -5.10. The lowest BCUT2D eigenvalue weighted by atomic mass is 9.90. The van der Waals surface area contributed by atoms with Gasteiger partial charge < -0.3 is 34.1 Å². The fourth-order valence-electron chi connectivity index (χ4n) is 6.07. The number of aliphatic hydroxyl groups excluding tert-OH is 1. The van der Waals surface area contributed by atoms with Crippen LogP contribution in [0.3, 0.4) is 0 Å². The minimum absolute atomic E-state index is 0.0570. The van der Waals surface area contributed by atoms with Crippen LogP contribution in [0.5, 0.6) is 0 Å². The number of nitrogens with one attached hydrogen (secondary N) is 1. The lowest BCUT2D eigenvalue weighted by Crippen LogP contribution is -2.43. The molecule has 3 aromatic rings. The van der Waals surface area contributed by atoms with Crippen molar-refractivity contribution in [2.75, 3.05) is 19.8 Å². The number of hydrogen-bond acceptors (Lipinski definition) is 10. The first-order valence-corrected chi connectivity index (χ1v) is 16.0. The average Bonchev–Trinajstić information content (AvgIpc) is 3.64. The second-order valence-corrected chi connectivity index (χ2v) is 12.7. The Kier molecular flexibility index (Phi) is 9.77. The molecule has 2 heterocycles. The minimum atomic E-state index is -1.33. The van der Waals surface area contributed by atoms with Gasteiger partial charge in [0, 0.05) is 41.2 Å². The number of rotatable bonds is 10. The van der Waals surface area contributed by atoms with E-state index in [-0.39, 0.29) is 31.7 Å². The van der Waals surface area contributed by atoms with Gasteiger partial charge in [0.2, 0.25) is 17.8 Å². The molecule has 0 saturated carbocycles. The zero-order valence-electron chi connectivity index (χ0n) is 27.1. The second kappa shape index (κ2) is 14.2. The first-order chi connectivity index (χ1) is 23.6. The predicted octanol–water partition coefficient (Wildman–Crippen LogP) is 3.84. The number of carbonyl (C=O) groups is 4. The number of esters is 3. The molecule has 49 heavy (non-hydrogen) atoms. The van der Waals surface area contributed by atoms with Gasteiger partial charge in [0.25, 0.3) is 0 Å². The van der Waals surface area contributed by atoms with Gasteiger partial charge in [0.1, 0.15) is 24.9 Å². The summed E-state index contributed by atoms with van der Waals surface area (Å²) >= 11 is 0. The molecule has 0 unspecified atom stereocenters. The number of benzene rings is 3. The fourth-order valence-corrected chi connectivity index (χ4v) is 6.07. The number of cyclic esters (lactones) is 1. The van der Waals surface area contributed by atoms with Crippen LogP contribution in [0.25, 0.3) is 6.08 Å². The van der Waals surface area contributed by atoms with E-state index < -0.39 is 59.4 Å². The molecule has 0 radical (unpaired) electrons. The lowest BCUT2D eigenvalue weighted by Gasteiger charge is -2.31. The SMILES string of the molecule is CC1(C)COC(=O)[C@@H]1OC(=O)C=Cc1ccc(C(=O)O[C@@H]2CC(C(=O)NCCO)=C[C@H]3OC(c4ccccc4)(c4ccccc4)O[C@H]32)cc1. The third kappa shape index (κ3) is 7.19. The highest BCUT2D eigenvalue weighted by atomic mass is 16.8. The van der Waals surface area contributed by atoms with Gasteiger partial charge in [0.05, 0.1) is 12.2 Å². The standard InChI is InChI=1S/C38H37NO10/c1-37(2)23-45-36(44)33(37)47-31(41)18-15-24-13-16-25(17-14-24)35(43)46-29-21-26(34(42)39-19-20-40)22-30-32(29)49-38(48-30,27-9-5-3-6-10-27)28-11-7-4-8-12-28/h3-18,22,29-30,32-33,40H,19-21,23H2,1-2H3,(H,39,42)/t29-,30-,32+,33+/m1/s1. The van der Waals surface area contributed by atoms with E-state index >= 15 is 0 Å². The molecule has 3 aliphatic rings. The summed E-state index contributed by atoms with van der Waals surface area (Å²) in [5.41, 5.74) is 2.03. The maximum absolute atomic E-state index is 13.5. The van der Waals surface area contributed by atoms with E-state index in [0.29, 0.717) is 11.1 Å². The Morgan fingerprint density at radius 3 is 2.16 bits per heavy atom. The second-order valence-electron chi connectivity index (χ2n) is 12.7. The van der Waals surface area contributed by atoms with Crippen molar-refractivity contribution in [2.24, 2.45) is 5.41 Å². The van der Waals surface area contributed by atoms with E-state index in [1.54, 1.807) is 44.2 Å². The van der Waals surface area contributed by atoms with Gasteiger partial charge in [-0.15, -0.1) is 0 Å². The zero-order valence-corrected chi connectivity index (χ0v) is 27.1. The molecule has 2 N–H and O–H groups in total. The molecule has 1 amide bonds. The predicted molar refractivity (Wildman–Crippen MR) is 176 cm³/mol. The van der Waals surface area contributed by atoms with Gasteiger partial charge in [-0.2, -0.15) is 0 Å². The van der Waals surface area contributed by atoms with Crippen molar-refractivity contribution < 1.29 is 48.0 Å². The summed E-state index contributed by atoms with van der Waals surface area (Å²) in [6.07, 6.45) is 1.08. The largest absolute Gasteiger partial charge is 0.462 e. The molecule has 0 bridgehead atoms. The van der Waals surface area contributed by atoms with E-state index in [9.17, 15) is 24.3 Å². The molecular weight excluding hydrogens is 630 g/mol. The van der Waals surface area contributed by atoms with Crippen molar-refractivity contribution in [3.05, 3.63) is 125 Å². The Morgan fingerprint density at radius 2 is 1.57 bits per heavy atom. The van der Waals surface area contributed by atoms with Crippen molar-refractivity contribution in [1.29, 1.82) is 0 Å². The first-order valence-electron chi connectivity index (χ1n) is 16.0. The van der Waals surface area contributed by atoms with E-state index in [1.807, 2.05) is 60.7 Å². The Morgan fingerprint density at radius 1 is 0.918 bits per heavy atom. The van der Waals surface area contributed by atoms with E-state index in [1.165, 1.54) is 12.2 Å². The van der Waals surface area contributed by atoms with E-state index in [2.05, 4.69) is 5.32 Å². The summed E-state index contributed by atoms with van der Waals surface area (Å²) in [5.74, 6) is -3.65. The molecule has 254 valence electrons. The summed E-state index contributed by atoms with van der Waals surface area (Å²) in [6, 6.07) is 25.2. The molecular formula is C38H37NO10. The van der Waals surface area contributed by atoms with Crippen LogP contribution in [0.1, 0.15) is 47.3 Å². The average molecular weight is 668 g/mol. The quantitative estimate of drug-likeness (QED) is 0.186. The number of carbonyl (C=O) groups excluding carboxylic acids is 4. The summed E-state index contributed by atoms with van der Waals surface area (Å²) in [4.78, 5) is 50.9. The zero-order chi connectivity index (χ0) is 34.6. The fraction of sp³-hybridized carbons (Fsp3) is 0.316. The molecule has 11 heteroatoms. The number of fused-ring (bicyclic) bond motifs is 1. The van der Waals surface area contributed by atoms with Gasteiger partial charge in [-0.3, -0.25) is 4.79 Å². The highest BCUT2D eigenvalue weighted by Crippen LogP contribution is 2.47. The first kappa shape index (κ1) is 33.8. The Balaban J connectivity index is 1.20. The summed E-state index contributed by atoms with van der Waals surface area (Å²) < 4.78 is 29.7. The van der Waals surface area contributed by atoms with Crippen molar-refractivity contribution in [2.45, 2.75) is 50.5 Å². The number of hydrogen-bond donors (Lipinski definition) is 2. The third-order valence-electron chi connectivity index (χ3n) is 8.64. The van der Waals surface area contributed by atoms with Gasteiger partial charge >= 0.3 is 17.9 Å². The molecule has 2 aliphatic heterocycles. The molecule has 4 atom stereocenters. The Labute approximate surface area is 283 Å². The normalized spacial score (nSPS) is 23.7. The van der Waals surface area contributed by atoms with Crippen molar-refractivity contribution in [1.82, 2.24) is 5.32 Å².